The summed E-state index contributed by atoms with van der Waals surface area (Å²) in [5, 5.41) is 6.99. The summed E-state index contributed by atoms with van der Waals surface area (Å²) in [4.78, 5) is 26.2. The van der Waals surface area contributed by atoms with Crippen LogP contribution in [0.15, 0.2) is 34.9 Å². The number of anilines is 1. The zero-order valence-electron chi connectivity index (χ0n) is 15.9. The molecule has 1 atom stereocenters. The third-order valence-corrected chi connectivity index (χ3v) is 4.63. The number of hydrogen-bond acceptors (Lipinski definition) is 5. The standard InChI is InChI=1S/C20H25N3O4/c1-4-26-19(24)14-7-9-15(10-8-14)21-20(25)23-11-5-6-17(23)18-12-16(13(2)3)22-27-18/h7-10,12-13,17H,4-6,11H2,1-3H3,(H,21,25). The minimum absolute atomic E-state index is 0.108. The first kappa shape index (κ1) is 18.9. The largest absolute Gasteiger partial charge is 0.462 e. The molecule has 2 amide bonds. The number of urea groups is 1. The van der Waals surface area contributed by atoms with Gasteiger partial charge in [0.2, 0.25) is 0 Å². The Morgan fingerprint density at radius 2 is 2.07 bits per heavy atom. The van der Waals surface area contributed by atoms with Gasteiger partial charge in [0.1, 0.15) is 0 Å². The van der Waals surface area contributed by atoms with Crippen LogP contribution in [0, 0.1) is 0 Å². The van der Waals surface area contributed by atoms with Gasteiger partial charge in [0.25, 0.3) is 0 Å². The molecule has 0 radical (unpaired) electrons. The predicted molar refractivity (Wildman–Crippen MR) is 101 cm³/mol. The lowest BCUT2D eigenvalue weighted by Crippen LogP contribution is -2.34. The Labute approximate surface area is 158 Å². The molecule has 1 unspecified atom stereocenters. The number of benzene rings is 1. The van der Waals surface area contributed by atoms with E-state index in [4.69, 9.17) is 9.26 Å². The second kappa shape index (κ2) is 8.24. The van der Waals surface area contributed by atoms with Crippen LogP contribution >= 0.6 is 0 Å². The average Bonchev–Trinajstić information content (AvgIpc) is 3.31. The molecular formula is C20H25N3O4. The number of carbonyl (C=O) groups is 2. The number of carbonyl (C=O) groups excluding carboxylic acids is 2. The lowest BCUT2D eigenvalue weighted by atomic mass is 10.1. The highest BCUT2D eigenvalue weighted by Gasteiger charge is 2.33. The molecular weight excluding hydrogens is 346 g/mol. The van der Waals surface area contributed by atoms with E-state index in [-0.39, 0.29) is 24.0 Å². The number of esters is 1. The van der Waals surface area contributed by atoms with E-state index >= 15 is 0 Å². The van der Waals surface area contributed by atoms with Crippen LogP contribution in [0.3, 0.4) is 0 Å². The summed E-state index contributed by atoms with van der Waals surface area (Å²) in [7, 11) is 0. The number of ether oxygens (including phenoxy) is 1. The number of aromatic nitrogens is 1. The van der Waals surface area contributed by atoms with E-state index in [2.05, 4.69) is 24.3 Å². The fourth-order valence-corrected chi connectivity index (χ4v) is 3.14. The second-order valence-electron chi connectivity index (χ2n) is 6.89. The molecule has 0 spiro atoms. The minimum Gasteiger partial charge on any atom is -0.462 e. The molecule has 1 N–H and O–H groups in total. The fourth-order valence-electron chi connectivity index (χ4n) is 3.14. The van der Waals surface area contributed by atoms with E-state index < -0.39 is 0 Å². The first-order valence-electron chi connectivity index (χ1n) is 9.31. The minimum atomic E-state index is -0.374. The van der Waals surface area contributed by atoms with Gasteiger partial charge in [0.05, 0.1) is 23.9 Å². The van der Waals surface area contributed by atoms with Crippen molar-refractivity contribution >= 4 is 17.7 Å². The van der Waals surface area contributed by atoms with Crippen LogP contribution in [0.4, 0.5) is 10.5 Å². The Hall–Kier alpha value is -2.83. The zero-order valence-corrected chi connectivity index (χ0v) is 15.9. The Kier molecular flexibility index (Phi) is 5.78. The normalized spacial score (nSPS) is 16.6. The van der Waals surface area contributed by atoms with Gasteiger partial charge >= 0.3 is 12.0 Å². The third-order valence-electron chi connectivity index (χ3n) is 4.63. The number of nitrogens with zero attached hydrogens (tertiary/aromatic N) is 2. The molecule has 1 aliphatic heterocycles. The SMILES string of the molecule is CCOC(=O)c1ccc(NC(=O)N2CCCC2c2cc(C(C)C)no2)cc1. The number of amides is 2. The van der Waals surface area contributed by atoms with Gasteiger partial charge in [-0.25, -0.2) is 9.59 Å². The van der Waals surface area contributed by atoms with E-state index in [0.29, 0.717) is 24.4 Å². The molecule has 0 aliphatic carbocycles. The molecule has 2 heterocycles. The third kappa shape index (κ3) is 4.30. The number of likely N-dealkylation sites (tertiary alicyclic amines) is 1. The fraction of sp³-hybridized carbons (Fsp3) is 0.450. The first-order chi connectivity index (χ1) is 13.0. The second-order valence-corrected chi connectivity index (χ2v) is 6.89. The van der Waals surface area contributed by atoms with E-state index in [1.54, 1.807) is 36.1 Å². The van der Waals surface area contributed by atoms with Crippen LogP contribution in [-0.2, 0) is 4.74 Å². The van der Waals surface area contributed by atoms with Crippen LogP contribution in [0.5, 0.6) is 0 Å². The summed E-state index contributed by atoms with van der Waals surface area (Å²) in [6.07, 6.45) is 1.76. The van der Waals surface area contributed by atoms with Crippen molar-refractivity contribution in [3.05, 3.63) is 47.3 Å². The van der Waals surface area contributed by atoms with E-state index in [0.717, 1.165) is 24.3 Å². The molecule has 1 aromatic heterocycles. The molecule has 7 heteroatoms. The highest BCUT2D eigenvalue weighted by Crippen LogP contribution is 2.33. The molecule has 7 nitrogen and oxygen atoms in total. The highest BCUT2D eigenvalue weighted by atomic mass is 16.5. The van der Waals surface area contributed by atoms with E-state index in [1.165, 1.54) is 0 Å². The van der Waals surface area contributed by atoms with Crippen LogP contribution in [-0.4, -0.2) is 35.2 Å². The lowest BCUT2D eigenvalue weighted by Gasteiger charge is -2.23. The zero-order chi connectivity index (χ0) is 19.4. The molecule has 0 bridgehead atoms. The maximum Gasteiger partial charge on any atom is 0.338 e. The van der Waals surface area contributed by atoms with Crippen molar-refractivity contribution in [3.63, 3.8) is 0 Å². The van der Waals surface area contributed by atoms with Gasteiger partial charge < -0.3 is 19.5 Å². The van der Waals surface area contributed by atoms with Crippen molar-refractivity contribution in [2.75, 3.05) is 18.5 Å². The van der Waals surface area contributed by atoms with Gasteiger partial charge in [0, 0.05) is 18.3 Å². The first-order valence-corrected chi connectivity index (χ1v) is 9.31. The summed E-state index contributed by atoms with van der Waals surface area (Å²) in [5.74, 6) is 0.634. The van der Waals surface area contributed by atoms with Crippen molar-refractivity contribution in [2.45, 2.75) is 45.6 Å². The summed E-state index contributed by atoms with van der Waals surface area (Å²) in [6, 6.07) is 8.31. The number of nitrogens with one attached hydrogen (secondary N) is 1. The monoisotopic (exact) mass is 371 g/mol. The predicted octanol–water partition coefficient (Wildman–Crippen LogP) is 4.34. The highest BCUT2D eigenvalue weighted by molar-refractivity contribution is 5.92. The Morgan fingerprint density at radius 3 is 2.70 bits per heavy atom. The van der Waals surface area contributed by atoms with Crippen LogP contribution in [0.1, 0.15) is 67.4 Å². The molecule has 144 valence electrons. The van der Waals surface area contributed by atoms with Gasteiger partial charge in [-0.3, -0.25) is 0 Å². The maximum atomic E-state index is 12.7. The molecule has 27 heavy (non-hydrogen) atoms. The Morgan fingerprint density at radius 1 is 1.33 bits per heavy atom. The van der Waals surface area contributed by atoms with Gasteiger partial charge in [0.15, 0.2) is 5.76 Å². The molecule has 1 aromatic carbocycles. The summed E-state index contributed by atoms with van der Waals surface area (Å²) in [5.41, 5.74) is 1.97. The van der Waals surface area contributed by atoms with Crippen molar-refractivity contribution in [1.82, 2.24) is 10.1 Å². The van der Waals surface area contributed by atoms with Crippen molar-refractivity contribution in [1.29, 1.82) is 0 Å². The maximum absolute atomic E-state index is 12.7. The van der Waals surface area contributed by atoms with Crippen molar-refractivity contribution in [2.24, 2.45) is 0 Å². The van der Waals surface area contributed by atoms with Crippen molar-refractivity contribution < 1.29 is 18.8 Å². The molecule has 1 aliphatic rings. The smallest absolute Gasteiger partial charge is 0.338 e. The average molecular weight is 371 g/mol. The molecule has 1 fully saturated rings. The van der Waals surface area contributed by atoms with Crippen LogP contribution in [0.25, 0.3) is 0 Å². The molecule has 1 saturated heterocycles. The lowest BCUT2D eigenvalue weighted by molar-refractivity contribution is 0.0526. The van der Waals surface area contributed by atoms with E-state index in [9.17, 15) is 9.59 Å². The summed E-state index contributed by atoms with van der Waals surface area (Å²) in [6.45, 7) is 6.86. The van der Waals surface area contributed by atoms with Gasteiger partial charge in [-0.05, 0) is 49.9 Å². The molecule has 3 rings (SSSR count). The van der Waals surface area contributed by atoms with Crippen LogP contribution < -0.4 is 5.32 Å². The van der Waals surface area contributed by atoms with Gasteiger partial charge in [-0.15, -0.1) is 0 Å². The van der Waals surface area contributed by atoms with Crippen molar-refractivity contribution in [3.8, 4) is 0 Å². The van der Waals surface area contributed by atoms with Gasteiger partial charge in [-0.2, -0.15) is 0 Å². The molecule has 0 saturated carbocycles. The molecule has 2 aromatic rings. The number of rotatable bonds is 5. The summed E-state index contributed by atoms with van der Waals surface area (Å²) < 4.78 is 10.4. The topological polar surface area (TPSA) is 84.7 Å². The Balaban J connectivity index is 1.66. The quantitative estimate of drug-likeness (QED) is 0.790. The van der Waals surface area contributed by atoms with Gasteiger partial charge in [-0.1, -0.05) is 19.0 Å². The van der Waals surface area contributed by atoms with Crippen LogP contribution in [0.2, 0.25) is 0 Å². The Bertz CT molecular complexity index is 798. The number of hydrogen-bond donors (Lipinski definition) is 1. The summed E-state index contributed by atoms with van der Waals surface area (Å²) >= 11 is 0. The van der Waals surface area contributed by atoms with E-state index in [1.807, 2.05) is 6.07 Å².